The molecule has 0 atom stereocenters. The van der Waals surface area contributed by atoms with Gasteiger partial charge in [-0.1, -0.05) is 19.3 Å². The normalized spacial score (nSPS) is 17.2. The highest BCUT2D eigenvalue weighted by atomic mass is 79.9. The monoisotopic (exact) mass is 315 g/mol. The van der Waals surface area contributed by atoms with Crippen LogP contribution in [0.3, 0.4) is 0 Å². The van der Waals surface area contributed by atoms with Crippen molar-refractivity contribution in [1.29, 1.82) is 0 Å². The molecule has 1 fully saturated rings. The van der Waals surface area contributed by atoms with Crippen LogP contribution in [0, 0.1) is 0 Å². The van der Waals surface area contributed by atoms with E-state index >= 15 is 0 Å². The second kappa shape index (κ2) is 7.97. The molecular formula is C14H22BrNO2. The molecule has 2 rings (SSSR count). The SMILES string of the molecule is Brc1ccoc1CNCCCOC1CCCCC1. The molecule has 0 aliphatic heterocycles. The lowest BCUT2D eigenvalue weighted by molar-refractivity contribution is 0.0272. The van der Waals surface area contributed by atoms with E-state index in [0.29, 0.717) is 6.10 Å². The topological polar surface area (TPSA) is 34.4 Å². The van der Waals surface area contributed by atoms with E-state index < -0.39 is 0 Å². The summed E-state index contributed by atoms with van der Waals surface area (Å²) in [4.78, 5) is 0. The maximum Gasteiger partial charge on any atom is 0.131 e. The first-order chi connectivity index (χ1) is 8.86. The van der Waals surface area contributed by atoms with Crippen molar-refractivity contribution in [2.45, 2.75) is 51.2 Å². The lowest BCUT2D eigenvalue weighted by Gasteiger charge is -2.21. The quantitative estimate of drug-likeness (QED) is 0.776. The number of hydrogen-bond acceptors (Lipinski definition) is 3. The lowest BCUT2D eigenvalue weighted by Crippen LogP contribution is -2.20. The van der Waals surface area contributed by atoms with E-state index in [0.717, 1.165) is 36.4 Å². The van der Waals surface area contributed by atoms with Crippen LogP contribution in [0.15, 0.2) is 21.2 Å². The summed E-state index contributed by atoms with van der Waals surface area (Å²) in [6, 6.07) is 1.92. The number of halogens is 1. The molecule has 0 bridgehead atoms. The van der Waals surface area contributed by atoms with Gasteiger partial charge >= 0.3 is 0 Å². The Morgan fingerprint density at radius 2 is 2.17 bits per heavy atom. The zero-order valence-electron chi connectivity index (χ0n) is 10.8. The van der Waals surface area contributed by atoms with E-state index in [1.54, 1.807) is 6.26 Å². The first-order valence-corrected chi connectivity index (χ1v) is 7.70. The Bertz CT molecular complexity index is 334. The summed E-state index contributed by atoms with van der Waals surface area (Å²) in [5, 5.41) is 3.36. The maximum absolute atomic E-state index is 5.87. The third kappa shape index (κ3) is 4.75. The molecule has 0 spiro atoms. The molecule has 0 saturated heterocycles. The summed E-state index contributed by atoms with van der Waals surface area (Å²) in [5.41, 5.74) is 0. The molecule has 1 aromatic heterocycles. The Kier molecular flexibility index (Phi) is 6.24. The largest absolute Gasteiger partial charge is 0.467 e. The van der Waals surface area contributed by atoms with Gasteiger partial charge in [-0.2, -0.15) is 0 Å². The maximum atomic E-state index is 5.87. The van der Waals surface area contributed by atoms with Crippen LogP contribution in [0.25, 0.3) is 0 Å². The van der Waals surface area contributed by atoms with Crippen molar-refractivity contribution in [2.24, 2.45) is 0 Å². The Morgan fingerprint density at radius 1 is 1.33 bits per heavy atom. The second-order valence-corrected chi connectivity index (χ2v) is 5.71. The summed E-state index contributed by atoms with van der Waals surface area (Å²) in [7, 11) is 0. The van der Waals surface area contributed by atoms with Gasteiger partial charge in [-0.05, 0) is 47.8 Å². The molecule has 3 nitrogen and oxygen atoms in total. The van der Waals surface area contributed by atoms with Crippen molar-refractivity contribution in [3.05, 3.63) is 22.6 Å². The molecule has 1 heterocycles. The van der Waals surface area contributed by atoms with E-state index in [9.17, 15) is 0 Å². The molecule has 102 valence electrons. The number of nitrogens with one attached hydrogen (secondary N) is 1. The summed E-state index contributed by atoms with van der Waals surface area (Å²) in [6.07, 6.45) is 9.88. The van der Waals surface area contributed by atoms with Gasteiger partial charge < -0.3 is 14.5 Å². The lowest BCUT2D eigenvalue weighted by atomic mass is 9.98. The highest BCUT2D eigenvalue weighted by Gasteiger charge is 2.12. The van der Waals surface area contributed by atoms with Crippen LogP contribution >= 0.6 is 15.9 Å². The van der Waals surface area contributed by atoms with Gasteiger partial charge in [0.1, 0.15) is 5.76 Å². The van der Waals surface area contributed by atoms with E-state index in [2.05, 4.69) is 21.2 Å². The number of ether oxygens (including phenoxy) is 1. The Labute approximate surface area is 117 Å². The molecule has 1 aliphatic rings. The van der Waals surface area contributed by atoms with Crippen molar-refractivity contribution in [3.63, 3.8) is 0 Å². The average Bonchev–Trinajstić information content (AvgIpc) is 2.81. The van der Waals surface area contributed by atoms with Crippen molar-refractivity contribution < 1.29 is 9.15 Å². The molecule has 1 N–H and O–H groups in total. The smallest absolute Gasteiger partial charge is 0.131 e. The van der Waals surface area contributed by atoms with Crippen LogP contribution in [0.2, 0.25) is 0 Å². The van der Waals surface area contributed by atoms with E-state index in [-0.39, 0.29) is 0 Å². The fourth-order valence-corrected chi connectivity index (χ4v) is 2.67. The number of rotatable bonds is 7. The van der Waals surface area contributed by atoms with Crippen molar-refractivity contribution >= 4 is 15.9 Å². The summed E-state index contributed by atoms with van der Waals surface area (Å²) >= 11 is 3.44. The fraction of sp³-hybridized carbons (Fsp3) is 0.714. The van der Waals surface area contributed by atoms with Gasteiger partial charge in [0.25, 0.3) is 0 Å². The van der Waals surface area contributed by atoms with Gasteiger partial charge in [-0.15, -0.1) is 0 Å². The van der Waals surface area contributed by atoms with Crippen LogP contribution in [-0.4, -0.2) is 19.3 Å². The summed E-state index contributed by atoms with van der Waals surface area (Å²) in [6.45, 7) is 2.62. The predicted octanol–water partition coefficient (Wildman–Crippen LogP) is 3.87. The molecular weight excluding hydrogens is 294 g/mol. The molecule has 1 aromatic rings. The minimum atomic E-state index is 0.526. The van der Waals surface area contributed by atoms with Gasteiger partial charge in [0.2, 0.25) is 0 Å². The van der Waals surface area contributed by atoms with Crippen molar-refractivity contribution in [2.75, 3.05) is 13.2 Å². The molecule has 1 saturated carbocycles. The molecule has 0 radical (unpaired) electrons. The fourth-order valence-electron chi connectivity index (χ4n) is 2.33. The minimum Gasteiger partial charge on any atom is -0.467 e. The third-order valence-corrected chi connectivity index (χ3v) is 4.09. The van der Waals surface area contributed by atoms with E-state index in [1.165, 1.54) is 32.1 Å². The standard InChI is InChI=1S/C14H22BrNO2/c15-13-7-10-18-14(13)11-16-8-4-9-17-12-5-2-1-3-6-12/h7,10,12,16H,1-6,8-9,11H2. The van der Waals surface area contributed by atoms with Crippen LogP contribution < -0.4 is 5.32 Å². The van der Waals surface area contributed by atoms with Gasteiger partial charge in [-0.3, -0.25) is 0 Å². The molecule has 0 aromatic carbocycles. The molecule has 4 heteroatoms. The van der Waals surface area contributed by atoms with Crippen LogP contribution in [0.1, 0.15) is 44.3 Å². The zero-order valence-corrected chi connectivity index (χ0v) is 12.4. The Balaban J connectivity index is 1.47. The Hall–Kier alpha value is -0.320. The second-order valence-electron chi connectivity index (χ2n) is 4.85. The highest BCUT2D eigenvalue weighted by molar-refractivity contribution is 9.10. The first kappa shape index (κ1) is 14.1. The third-order valence-electron chi connectivity index (χ3n) is 3.38. The van der Waals surface area contributed by atoms with Gasteiger partial charge in [0.15, 0.2) is 0 Å². The summed E-state index contributed by atoms with van der Waals surface area (Å²) < 4.78 is 12.2. The molecule has 0 amide bonds. The number of hydrogen-bond donors (Lipinski definition) is 1. The average molecular weight is 316 g/mol. The van der Waals surface area contributed by atoms with Gasteiger partial charge in [-0.25, -0.2) is 0 Å². The first-order valence-electron chi connectivity index (χ1n) is 6.90. The zero-order chi connectivity index (χ0) is 12.6. The van der Waals surface area contributed by atoms with Gasteiger partial charge in [0, 0.05) is 6.61 Å². The summed E-state index contributed by atoms with van der Waals surface area (Å²) in [5.74, 6) is 0.961. The predicted molar refractivity (Wildman–Crippen MR) is 75.6 cm³/mol. The molecule has 18 heavy (non-hydrogen) atoms. The van der Waals surface area contributed by atoms with Crippen molar-refractivity contribution in [3.8, 4) is 0 Å². The number of furan rings is 1. The Morgan fingerprint density at radius 3 is 2.89 bits per heavy atom. The van der Waals surface area contributed by atoms with Gasteiger partial charge in [0.05, 0.1) is 23.4 Å². The van der Waals surface area contributed by atoms with E-state index in [1.807, 2.05) is 6.07 Å². The van der Waals surface area contributed by atoms with Crippen molar-refractivity contribution in [1.82, 2.24) is 5.32 Å². The van der Waals surface area contributed by atoms with Crippen LogP contribution in [0.5, 0.6) is 0 Å². The van der Waals surface area contributed by atoms with E-state index in [4.69, 9.17) is 9.15 Å². The molecule has 0 unspecified atom stereocenters. The highest BCUT2D eigenvalue weighted by Crippen LogP contribution is 2.20. The van der Waals surface area contributed by atoms with Crippen LogP contribution in [0.4, 0.5) is 0 Å². The minimum absolute atomic E-state index is 0.526. The molecule has 1 aliphatic carbocycles. The van der Waals surface area contributed by atoms with Crippen LogP contribution in [-0.2, 0) is 11.3 Å².